The van der Waals surface area contributed by atoms with Gasteiger partial charge in [0.15, 0.2) is 0 Å². The van der Waals surface area contributed by atoms with Gasteiger partial charge in [0.1, 0.15) is 0 Å². The SMILES string of the molecule is C#Cc1cccc(NS(=O)(=O)c2ccc(N)c(Cl)c2)c1. The molecule has 0 aliphatic rings. The first-order valence-electron chi connectivity index (χ1n) is 5.57. The van der Waals surface area contributed by atoms with Crippen LogP contribution >= 0.6 is 11.6 Å². The van der Waals surface area contributed by atoms with Gasteiger partial charge < -0.3 is 5.73 Å². The number of hydrogen-bond acceptors (Lipinski definition) is 3. The Hall–Kier alpha value is -2.16. The molecule has 0 saturated carbocycles. The van der Waals surface area contributed by atoms with Crippen LogP contribution in [0.25, 0.3) is 0 Å². The lowest BCUT2D eigenvalue weighted by Gasteiger charge is -2.09. The molecule has 0 fully saturated rings. The van der Waals surface area contributed by atoms with E-state index in [0.29, 0.717) is 16.9 Å². The van der Waals surface area contributed by atoms with Crippen molar-refractivity contribution >= 4 is 33.0 Å². The largest absolute Gasteiger partial charge is 0.398 e. The molecule has 0 heterocycles. The highest BCUT2D eigenvalue weighted by molar-refractivity contribution is 7.92. The highest BCUT2D eigenvalue weighted by atomic mass is 35.5. The molecule has 2 rings (SSSR count). The van der Waals surface area contributed by atoms with Gasteiger partial charge in [-0.25, -0.2) is 8.42 Å². The molecule has 0 bridgehead atoms. The third-order valence-electron chi connectivity index (χ3n) is 2.56. The van der Waals surface area contributed by atoms with Crippen LogP contribution in [0.3, 0.4) is 0 Å². The number of hydrogen-bond donors (Lipinski definition) is 2. The van der Waals surface area contributed by atoms with E-state index in [-0.39, 0.29) is 9.92 Å². The van der Waals surface area contributed by atoms with E-state index < -0.39 is 10.0 Å². The molecule has 0 spiro atoms. The molecule has 0 aliphatic heterocycles. The standard InChI is InChI=1S/C14H11ClN2O2S/c1-2-10-4-3-5-11(8-10)17-20(18,19)12-6-7-14(16)13(15)9-12/h1,3-9,17H,16H2. The smallest absolute Gasteiger partial charge is 0.261 e. The molecule has 0 unspecified atom stereocenters. The molecule has 0 atom stereocenters. The van der Waals surface area contributed by atoms with Gasteiger partial charge in [-0.05, 0) is 36.4 Å². The number of terminal acetylenes is 1. The summed E-state index contributed by atoms with van der Waals surface area (Å²) in [5.74, 6) is 2.44. The van der Waals surface area contributed by atoms with Crippen molar-refractivity contribution in [1.29, 1.82) is 0 Å². The molecule has 0 saturated heterocycles. The van der Waals surface area contributed by atoms with E-state index in [2.05, 4.69) is 10.6 Å². The zero-order valence-electron chi connectivity index (χ0n) is 10.3. The molecule has 6 heteroatoms. The zero-order chi connectivity index (χ0) is 14.8. The molecular weight excluding hydrogens is 296 g/mol. The third kappa shape index (κ3) is 3.05. The van der Waals surface area contributed by atoms with Crippen LogP contribution in [-0.2, 0) is 10.0 Å². The van der Waals surface area contributed by atoms with Crippen molar-refractivity contribution in [2.24, 2.45) is 0 Å². The Kier molecular flexibility index (Phi) is 3.89. The van der Waals surface area contributed by atoms with E-state index >= 15 is 0 Å². The Morgan fingerprint density at radius 3 is 2.60 bits per heavy atom. The van der Waals surface area contributed by atoms with Crippen LogP contribution in [0.2, 0.25) is 5.02 Å². The third-order valence-corrected chi connectivity index (χ3v) is 4.27. The monoisotopic (exact) mass is 306 g/mol. The van der Waals surface area contributed by atoms with Crippen LogP contribution in [0, 0.1) is 12.3 Å². The molecule has 4 nitrogen and oxygen atoms in total. The highest BCUT2D eigenvalue weighted by Crippen LogP contribution is 2.24. The van der Waals surface area contributed by atoms with Crippen molar-refractivity contribution in [1.82, 2.24) is 0 Å². The zero-order valence-corrected chi connectivity index (χ0v) is 11.9. The fourth-order valence-electron chi connectivity index (χ4n) is 1.56. The van der Waals surface area contributed by atoms with Gasteiger partial charge in [0.2, 0.25) is 0 Å². The first kappa shape index (κ1) is 14.3. The molecule has 2 aromatic rings. The molecule has 20 heavy (non-hydrogen) atoms. The minimum Gasteiger partial charge on any atom is -0.398 e. The number of nitrogens with two attached hydrogens (primary N) is 1. The minimum atomic E-state index is -3.74. The van der Waals surface area contributed by atoms with Crippen molar-refractivity contribution in [2.45, 2.75) is 4.90 Å². The van der Waals surface area contributed by atoms with Crippen molar-refractivity contribution in [3.63, 3.8) is 0 Å². The first-order valence-corrected chi connectivity index (χ1v) is 7.43. The number of nitrogen functional groups attached to an aromatic ring is 1. The molecule has 0 radical (unpaired) electrons. The summed E-state index contributed by atoms with van der Waals surface area (Å²) in [4.78, 5) is 0.0304. The average molecular weight is 307 g/mol. The van der Waals surface area contributed by atoms with E-state index in [4.69, 9.17) is 23.8 Å². The maximum atomic E-state index is 12.2. The number of nitrogens with one attached hydrogen (secondary N) is 1. The topological polar surface area (TPSA) is 72.2 Å². The fourth-order valence-corrected chi connectivity index (χ4v) is 2.88. The van der Waals surface area contributed by atoms with Crippen molar-refractivity contribution < 1.29 is 8.42 Å². The van der Waals surface area contributed by atoms with Crippen molar-refractivity contribution in [3.8, 4) is 12.3 Å². The number of anilines is 2. The van der Waals surface area contributed by atoms with E-state index in [0.717, 1.165) is 0 Å². The van der Waals surface area contributed by atoms with Crippen molar-refractivity contribution in [3.05, 3.63) is 53.1 Å². The van der Waals surface area contributed by atoms with E-state index in [1.54, 1.807) is 24.3 Å². The second-order valence-electron chi connectivity index (χ2n) is 4.01. The summed E-state index contributed by atoms with van der Waals surface area (Å²) in [5.41, 5.74) is 6.84. The second-order valence-corrected chi connectivity index (χ2v) is 6.10. The van der Waals surface area contributed by atoms with Gasteiger partial charge in [-0.2, -0.15) is 0 Å². The first-order chi connectivity index (χ1) is 9.42. The maximum Gasteiger partial charge on any atom is 0.261 e. The maximum absolute atomic E-state index is 12.2. The number of rotatable bonds is 3. The summed E-state index contributed by atoms with van der Waals surface area (Å²) in [5, 5.41) is 0.185. The number of benzene rings is 2. The quantitative estimate of drug-likeness (QED) is 0.676. The minimum absolute atomic E-state index is 0.0304. The van der Waals surface area contributed by atoms with Crippen LogP contribution < -0.4 is 10.5 Å². The molecule has 2 aromatic carbocycles. The Labute approximate surface area is 122 Å². The Morgan fingerprint density at radius 1 is 1.20 bits per heavy atom. The van der Waals surface area contributed by atoms with Gasteiger partial charge in [-0.15, -0.1) is 6.42 Å². The van der Waals surface area contributed by atoms with Crippen LogP contribution in [0.15, 0.2) is 47.4 Å². The van der Waals surface area contributed by atoms with Crippen LogP contribution in [0.5, 0.6) is 0 Å². The second kappa shape index (κ2) is 5.45. The van der Waals surface area contributed by atoms with Gasteiger partial charge in [-0.3, -0.25) is 4.72 Å². The lowest BCUT2D eigenvalue weighted by atomic mass is 10.2. The molecule has 3 N–H and O–H groups in total. The van der Waals surface area contributed by atoms with Gasteiger partial charge in [0.25, 0.3) is 10.0 Å². The molecule has 0 aromatic heterocycles. The Balaban J connectivity index is 2.35. The summed E-state index contributed by atoms with van der Waals surface area (Å²) in [6, 6.07) is 10.7. The summed E-state index contributed by atoms with van der Waals surface area (Å²) in [6.07, 6.45) is 5.27. The summed E-state index contributed by atoms with van der Waals surface area (Å²) in [7, 11) is -3.74. The summed E-state index contributed by atoms with van der Waals surface area (Å²) < 4.78 is 26.8. The van der Waals surface area contributed by atoms with Crippen LogP contribution in [-0.4, -0.2) is 8.42 Å². The van der Waals surface area contributed by atoms with E-state index in [1.807, 2.05) is 0 Å². The van der Waals surface area contributed by atoms with Gasteiger partial charge in [0.05, 0.1) is 21.3 Å². The van der Waals surface area contributed by atoms with Crippen LogP contribution in [0.4, 0.5) is 11.4 Å². The van der Waals surface area contributed by atoms with Gasteiger partial charge >= 0.3 is 0 Å². The molecule has 102 valence electrons. The number of halogens is 1. The van der Waals surface area contributed by atoms with Crippen molar-refractivity contribution in [2.75, 3.05) is 10.5 Å². The number of sulfonamides is 1. The predicted molar refractivity (Wildman–Crippen MR) is 81.0 cm³/mol. The lowest BCUT2D eigenvalue weighted by molar-refractivity contribution is 0.601. The average Bonchev–Trinajstić information content (AvgIpc) is 2.41. The normalized spacial score (nSPS) is 10.8. The van der Waals surface area contributed by atoms with Crippen LogP contribution in [0.1, 0.15) is 5.56 Å². The fraction of sp³-hybridized carbons (Fsp3) is 0. The Morgan fingerprint density at radius 2 is 1.95 bits per heavy atom. The predicted octanol–water partition coefficient (Wildman–Crippen LogP) is 2.70. The Bertz CT molecular complexity index is 795. The van der Waals surface area contributed by atoms with Gasteiger partial charge in [0, 0.05) is 5.56 Å². The molecule has 0 amide bonds. The summed E-state index contributed by atoms with van der Waals surface area (Å²) in [6.45, 7) is 0. The highest BCUT2D eigenvalue weighted by Gasteiger charge is 2.15. The molecule has 0 aliphatic carbocycles. The lowest BCUT2D eigenvalue weighted by Crippen LogP contribution is -2.13. The summed E-state index contributed by atoms with van der Waals surface area (Å²) >= 11 is 5.83. The van der Waals surface area contributed by atoms with Gasteiger partial charge in [-0.1, -0.05) is 23.6 Å². The van der Waals surface area contributed by atoms with E-state index in [9.17, 15) is 8.42 Å². The van der Waals surface area contributed by atoms with E-state index in [1.165, 1.54) is 18.2 Å². The molecular formula is C14H11ClN2O2S.